The van der Waals surface area contributed by atoms with Crippen LogP contribution in [0, 0.1) is 0 Å². The van der Waals surface area contributed by atoms with Crippen LogP contribution in [0.1, 0.15) is 22.4 Å². The van der Waals surface area contributed by atoms with Crippen molar-refractivity contribution < 1.29 is 0 Å². The molecule has 0 atom stereocenters. The monoisotopic (exact) mass is 350 g/mol. The Kier molecular flexibility index (Phi) is 5.26. The van der Waals surface area contributed by atoms with Crippen LogP contribution in [0.2, 0.25) is 0 Å². The zero-order valence-corrected chi connectivity index (χ0v) is 15.2. The van der Waals surface area contributed by atoms with E-state index in [1.165, 1.54) is 22.3 Å². The molecule has 2 nitrogen and oxygen atoms in total. The van der Waals surface area contributed by atoms with Crippen LogP contribution in [0.15, 0.2) is 110 Å². The minimum absolute atomic E-state index is 0.811. The highest BCUT2D eigenvalue weighted by atomic mass is 15.0. The van der Waals surface area contributed by atoms with Crippen molar-refractivity contribution in [3.63, 3.8) is 0 Å². The van der Waals surface area contributed by atoms with Gasteiger partial charge < -0.3 is 4.57 Å². The van der Waals surface area contributed by atoms with Gasteiger partial charge >= 0.3 is 0 Å². The van der Waals surface area contributed by atoms with E-state index in [1.54, 1.807) is 0 Å². The first-order chi connectivity index (χ1) is 13.4. The van der Waals surface area contributed by atoms with E-state index in [9.17, 15) is 0 Å². The van der Waals surface area contributed by atoms with Crippen LogP contribution in [0.5, 0.6) is 0 Å². The molecule has 27 heavy (non-hydrogen) atoms. The molecule has 0 aliphatic rings. The first-order valence-corrected chi connectivity index (χ1v) is 9.24. The third kappa shape index (κ3) is 4.24. The van der Waals surface area contributed by atoms with Gasteiger partial charge in [-0.05, 0) is 23.1 Å². The van der Waals surface area contributed by atoms with Crippen LogP contribution < -0.4 is 0 Å². The summed E-state index contributed by atoms with van der Waals surface area (Å²) in [5.41, 5.74) is 6.14. The molecule has 0 aliphatic heterocycles. The van der Waals surface area contributed by atoms with E-state index in [0.29, 0.717) is 0 Å². The van der Waals surface area contributed by atoms with E-state index in [0.717, 1.165) is 18.7 Å². The molecule has 0 fully saturated rings. The van der Waals surface area contributed by atoms with Crippen LogP contribution in [0.4, 0.5) is 0 Å². The van der Waals surface area contributed by atoms with Crippen molar-refractivity contribution in [3.05, 3.63) is 132 Å². The molecule has 0 bridgehead atoms. The second kappa shape index (κ2) is 8.33. The first kappa shape index (κ1) is 17.0. The largest absolute Gasteiger partial charge is 0.326 e. The Morgan fingerprint density at radius 1 is 0.741 bits per heavy atom. The fourth-order valence-corrected chi connectivity index (χ4v) is 3.27. The number of rotatable bonds is 6. The highest BCUT2D eigenvalue weighted by Crippen LogP contribution is 2.24. The highest BCUT2D eigenvalue weighted by Gasteiger charge is 2.11. The zero-order chi connectivity index (χ0) is 18.3. The molecule has 0 aliphatic carbocycles. The van der Waals surface area contributed by atoms with Gasteiger partial charge in [-0.3, -0.25) is 0 Å². The van der Waals surface area contributed by atoms with Crippen molar-refractivity contribution in [1.29, 1.82) is 0 Å². The molecule has 0 radical (unpaired) electrons. The van der Waals surface area contributed by atoms with Gasteiger partial charge in [0.05, 0.1) is 18.2 Å². The van der Waals surface area contributed by atoms with Crippen molar-refractivity contribution in [2.45, 2.75) is 13.0 Å². The normalized spacial score (nSPS) is 11.5. The lowest BCUT2D eigenvalue weighted by Gasteiger charge is -2.13. The van der Waals surface area contributed by atoms with Gasteiger partial charge in [-0.1, -0.05) is 97.1 Å². The molecule has 0 amide bonds. The van der Waals surface area contributed by atoms with Crippen molar-refractivity contribution >= 4 is 5.57 Å². The molecule has 1 aromatic heterocycles. The Hall–Kier alpha value is -3.39. The van der Waals surface area contributed by atoms with Crippen molar-refractivity contribution in [2.75, 3.05) is 0 Å². The van der Waals surface area contributed by atoms with Crippen LogP contribution >= 0.6 is 0 Å². The number of allylic oxidation sites excluding steroid dienone is 1. The second-order valence-corrected chi connectivity index (χ2v) is 6.57. The smallest absolute Gasteiger partial charge is 0.0954 e. The lowest BCUT2D eigenvalue weighted by molar-refractivity contribution is 0.786. The zero-order valence-electron chi connectivity index (χ0n) is 15.2. The molecule has 1 heterocycles. The van der Waals surface area contributed by atoms with E-state index in [2.05, 4.69) is 101 Å². The van der Waals surface area contributed by atoms with Crippen LogP contribution in [-0.2, 0) is 13.0 Å². The van der Waals surface area contributed by atoms with E-state index in [4.69, 9.17) is 0 Å². The van der Waals surface area contributed by atoms with Crippen LogP contribution in [-0.4, -0.2) is 9.55 Å². The summed E-state index contributed by atoms with van der Waals surface area (Å²) in [6.07, 6.45) is 7.08. The molecule has 0 spiro atoms. The summed E-state index contributed by atoms with van der Waals surface area (Å²) in [6.45, 7) is 0.811. The molecule has 0 saturated heterocycles. The SMILES string of the molecule is C(/Cc1ccccc1)=C(\c1ccccc1)c1cncn1Cc1ccccc1. The summed E-state index contributed by atoms with van der Waals surface area (Å²) in [4.78, 5) is 4.44. The molecule has 0 saturated carbocycles. The van der Waals surface area contributed by atoms with Gasteiger partial charge in [0.15, 0.2) is 0 Å². The van der Waals surface area contributed by atoms with Gasteiger partial charge in [-0.15, -0.1) is 0 Å². The maximum atomic E-state index is 4.44. The molecular formula is C25H22N2. The quantitative estimate of drug-likeness (QED) is 0.442. The van der Waals surface area contributed by atoms with Gasteiger partial charge in [0.2, 0.25) is 0 Å². The molecule has 4 aromatic rings. The van der Waals surface area contributed by atoms with Gasteiger partial charge in [-0.25, -0.2) is 4.98 Å². The number of benzene rings is 3. The highest BCUT2D eigenvalue weighted by molar-refractivity contribution is 5.78. The van der Waals surface area contributed by atoms with Gasteiger partial charge in [0, 0.05) is 12.1 Å². The Balaban J connectivity index is 1.70. The molecule has 4 rings (SSSR count). The van der Waals surface area contributed by atoms with Crippen molar-refractivity contribution in [3.8, 4) is 0 Å². The van der Waals surface area contributed by atoms with Crippen LogP contribution in [0.25, 0.3) is 5.57 Å². The predicted molar refractivity (Wildman–Crippen MR) is 111 cm³/mol. The number of hydrogen-bond donors (Lipinski definition) is 0. The number of hydrogen-bond acceptors (Lipinski definition) is 1. The average Bonchev–Trinajstić information content (AvgIpc) is 3.18. The summed E-state index contributed by atoms with van der Waals surface area (Å²) in [5, 5.41) is 0. The molecule has 0 N–H and O–H groups in total. The van der Waals surface area contributed by atoms with Crippen molar-refractivity contribution in [1.82, 2.24) is 9.55 Å². The van der Waals surface area contributed by atoms with E-state index < -0.39 is 0 Å². The Morgan fingerprint density at radius 3 is 2.00 bits per heavy atom. The summed E-state index contributed by atoms with van der Waals surface area (Å²) < 4.78 is 2.22. The lowest BCUT2D eigenvalue weighted by Crippen LogP contribution is -2.04. The summed E-state index contributed by atoms with van der Waals surface area (Å²) in [5.74, 6) is 0. The van der Waals surface area contributed by atoms with Crippen molar-refractivity contribution in [2.24, 2.45) is 0 Å². The Morgan fingerprint density at radius 2 is 1.33 bits per heavy atom. The summed E-state index contributed by atoms with van der Waals surface area (Å²) >= 11 is 0. The van der Waals surface area contributed by atoms with Gasteiger partial charge in [-0.2, -0.15) is 0 Å². The maximum absolute atomic E-state index is 4.44. The topological polar surface area (TPSA) is 17.8 Å². The molecule has 2 heteroatoms. The molecule has 0 unspecified atom stereocenters. The lowest BCUT2D eigenvalue weighted by atomic mass is 10.00. The fourth-order valence-electron chi connectivity index (χ4n) is 3.27. The summed E-state index contributed by atoms with van der Waals surface area (Å²) in [7, 11) is 0. The number of imidazole rings is 1. The molecular weight excluding hydrogens is 328 g/mol. The third-order valence-corrected chi connectivity index (χ3v) is 4.65. The molecule has 3 aromatic carbocycles. The average molecular weight is 350 g/mol. The number of aromatic nitrogens is 2. The minimum atomic E-state index is 0.811. The van der Waals surface area contributed by atoms with E-state index in [-0.39, 0.29) is 0 Å². The number of nitrogens with zero attached hydrogens (tertiary/aromatic N) is 2. The Labute approximate surface area is 160 Å². The standard InChI is InChI=1S/C25H22N2/c1-4-10-21(11-5-1)16-17-24(23-14-8-3-9-15-23)25-18-26-20-27(25)19-22-12-6-2-7-13-22/h1-15,17-18,20H,16,19H2/b24-17-. The Bertz CT molecular complexity index is 1000. The van der Waals surface area contributed by atoms with E-state index >= 15 is 0 Å². The third-order valence-electron chi connectivity index (χ3n) is 4.65. The second-order valence-electron chi connectivity index (χ2n) is 6.57. The van der Waals surface area contributed by atoms with Gasteiger partial charge in [0.25, 0.3) is 0 Å². The minimum Gasteiger partial charge on any atom is -0.326 e. The summed E-state index contributed by atoms with van der Waals surface area (Å²) in [6, 6.07) is 31.6. The van der Waals surface area contributed by atoms with Crippen LogP contribution in [0.3, 0.4) is 0 Å². The first-order valence-electron chi connectivity index (χ1n) is 9.24. The predicted octanol–water partition coefficient (Wildman–Crippen LogP) is 5.61. The van der Waals surface area contributed by atoms with Gasteiger partial charge in [0.1, 0.15) is 0 Å². The van der Waals surface area contributed by atoms with E-state index in [1.807, 2.05) is 18.6 Å². The fraction of sp³-hybridized carbons (Fsp3) is 0.0800. The maximum Gasteiger partial charge on any atom is 0.0954 e. The molecule has 132 valence electrons.